The number of hydrogen-bond donors (Lipinski definition) is 0. The fourth-order valence-corrected chi connectivity index (χ4v) is 3.27. The molecule has 1 aromatic carbocycles. The molecule has 0 unspecified atom stereocenters. The lowest BCUT2D eigenvalue weighted by Gasteiger charge is -2.19. The Kier molecular flexibility index (Phi) is 18.4. The van der Waals surface area contributed by atoms with Gasteiger partial charge in [-0.05, 0) is 51.3 Å². The van der Waals surface area contributed by atoms with Gasteiger partial charge in [0.05, 0.1) is 46.2 Å². The average molecular weight is 497 g/mol. The van der Waals surface area contributed by atoms with Crippen LogP contribution in [0, 0.1) is 0 Å². The first-order chi connectivity index (χ1) is 16.9. The van der Waals surface area contributed by atoms with Crippen molar-refractivity contribution in [1.82, 2.24) is 0 Å². The number of carbonyl (C=O) groups excluding carboxylic acids is 1. The molecule has 0 heterocycles. The van der Waals surface area contributed by atoms with Crippen LogP contribution >= 0.6 is 0 Å². The van der Waals surface area contributed by atoms with E-state index in [-0.39, 0.29) is 12.6 Å². The van der Waals surface area contributed by atoms with E-state index in [1.165, 1.54) is 44.1 Å². The molecule has 0 saturated heterocycles. The summed E-state index contributed by atoms with van der Waals surface area (Å²) >= 11 is 0. The van der Waals surface area contributed by atoms with Crippen LogP contribution in [-0.2, 0) is 34.9 Å². The summed E-state index contributed by atoms with van der Waals surface area (Å²) in [5.41, 5.74) is 0.878. The molecule has 0 amide bonds. The Bertz CT molecular complexity index is 625. The van der Waals surface area contributed by atoms with E-state index in [9.17, 15) is 4.79 Å². The Labute approximate surface area is 212 Å². The lowest BCUT2D eigenvalue weighted by atomic mass is 10.0. The molecule has 0 aliphatic heterocycles. The molecular formula is C28H48O7. The van der Waals surface area contributed by atoms with Crippen LogP contribution in [0.1, 0.15) is 71.8 Å². The fourth-order valence-electron chi connectivity index (χ4n) is 3.27. The Morgan fingerprint density at radius 1 is 0.686 bits per heavy atom. The summed E-state index contributed by atoms with van der Waals surface area (Å²) in [7, 11) is 0. The molecule has 1 aromatic rings. The highest BCUT2D eigenvalue weighted by atomic mass is 16.6. The van der Waals surface area contributed by atoms with Gasteiger partial charge in [-0.25, -0.2) is 4.79 Å². The summed E-state index contributed by atoms with van der Waals surface area (Å²) in [5, 5.41) is 0. The summed E-state index contributed by atoms with van der Waals surface area (Å²) < 4.78 is 32.5. The van der Waals surface area contributed by atoms with Crippen molar-refractivity contribution in [3.8, 4) is 5.75 Å². The molecule has 0 radical (unpaired) electrons. The quantitative estimate of drug-likeness (QED) is 0.158. The molecule has 0 N–H and O–H groups in total. The molecule has 0 spiro atoms. The summed E-state index contributed by atoms with van der Waals surface area (Å²) in [6.07, 6.45) is 9.09. The van der Waals surface area contributed by atoms with Crippen molar-refractivity contribution in [2.45, 2.75) is 78.2 Å². The molecule has 0 aliphatic carbocycles. The van der Waals surface area contributed by atoms with Crippen LogP contribution in [0.5, 0.6) is 5.75 Å². The zero-order valence-electron chi connectivity index (χ0n) is 22.5. The number of ether oxygens (including phenoxy) is 6. The van der Waals surface area contributed by atoms with E-state index in [2.05, 4.69) is 19.1 Å². The number of esters is 1. The van der Waals surface area contributed by atoms with Crippen molar-refractivity contribution in [3.63, 3.8) is 0 Å². The number of hydrogen-bond acceptors (Lipinski definition) is 7. The van der Waals surface area contributed by atoms with Crippen molar-refractivity contribution in [3.05, 3.63) is 29.8 Å². The predicted octanol–water partition coefficient (Wildman–Crippen LogP) is 5.38. The second-order valence-corrected chi connectivity index (χ2v) is 9.49. The number of unbranched alkanes of at least 4 members (excludes halogenated alkanes) is 5. The molecule has 0 bridgehead atoms. The van der Waals surface area contributed by atoms with Gasteiger partial charge in [-0.1, -0.05) is 51.2 Å². The summed E-state index contributed by atoms with van der Waals surface area (Å²) in [5.74, 6) is 0.506. The third-order valence-corrected chi connectivity index (χ3v) is 4.99. The fraction of sp³-hybridized carbons (Fsp3) is 0.750. The van der Waals surface area contributed by atoms with Crippen molar-refractivity contribution >= 4 is 5.97 Å². The van der Waals surface area contributed by atoms with E-state index in [0.717, 1.165) is 12.2 Å². The first kappa shape index (κ1) is 31.4. The molecule has 1 rings (SSSR count). The second kappa shape index (κ2) is 20.5. The second-order valence-electron chi connectivity index (χ2n) is 9.49. The Balaban J connectivity index is 1.86. The SMILES string of the molecule is CCCCCCCCc1ccc(OCCOCCOCCOCCOCC(=O)OC(C)(C)C)cc1. The van der Waals surface area contributed by atoms with Crippen LogP contribution in [0.25, 0.3) is 0 Å². The van der Waals surface area contributed by atoms with E-state index in [1.807, 2.05) is 32.9 Å². The van der Waals surface area contributed by atoms with E-state index in [0.29, 0.717) is 52.9 Å². The first-order valence-electron chi connectivity index (χ1n) is 13.2. The third kappa shape index (κ3) is 20.2. The predicted molar refractivity (Wildman–Crippen MR) is 138 cm³/mol. The molecule has 0 fully saturated rings. The summed E-state index contributed by atoms with van der Waals surface area (Å²) in [6, 6.07) is 8.40. The number of carbonyl (C=O) groups is 1. The summed E-state index contributed by atoms with van der Waals surface area (Å²) in [6.45, 7) is 11.4. The van der Waals surface area contributed by atoms with Gasteiger partial charge in [-0.2, -0.15) is 0 Å². The van der Waals surface area contributed by atoms with Gasteiger partial charge >= 0.3 is 5.97 Å². The van der Waals surface area contributed by atoms with Crippen LogP contribution in [-0.4, -0.2) is 71.0 Å². The topological polar surface area (TPSA) is 72.5 Å². The Morgan fingerprint density at radius 3 is 1.77 bits per heavy atom. The van der Waals surface area contributed by atoms with Gasteiger partial charge in [-0.15, -0.1) is 0 Å². The van der Waals surface area contributed by atoms with Crippen molar-refractivity contribution < 1.29 is 33.2 Å². The minimum atomic E-state index is -0.496. The molecule has 35 heavy (non-hydrogen) atoms. The van der Waals surface area contributed by atoms with Gasteiger partial charge < -0.3 is 28.4 Å². The van der Waals surface area contributed by atoms with E-state index < -0.39 is 5.60 Å². The zero-order valence-corrected chi connectivity index (χ0v) is 22.5. The van der Waals surface area contributed by atoms with Gasteiger partial charge in [0.1, 0.15) is 24.6 Å². The summed E-state index contributed by atoms with van der Waals surface area (Å²) in [4.78, 5) is 11.5. The largest absolute Gasteiger partial charge is 0.491 e. The molecule has 7 nitrogen and oxygen atoms in total. The molecule has 0 atom stereocenters. The van der Waals surface area contributed by atoms with Crippen LogP contribution in [0.15, 0.2) is 24.3 Å². The highest BCUT2D eigenvalue weighted by molar-refractivity contribution is 5.71. The molecule has 0 saturated carbocycles. The maximum atomic E-state index is 11.5. The highest BCUT2D eigenvalue weighted by Crippen LogP contribution is 2.15. The highest BCUT2D eigenvalue weighted by Gasteiger charge is 2.15. The lowest BCUT2D eigenvalue weighted by Crippen LogP contribution is -2.27. The molecule has 0 aromatic heterocycles. The Morgan fingerprint density at radius 2 is 1.20 bits per heavy atom. The maximum absolute atomic E-state index is 11.5. The smallest absolute Gasteiger partial charge is 0.332 e. The van der Waals surface area contributed by atoms with Gasteiger partial charge in [0.15, 0.2) is 0 Å². The van der Waals surface area contributed by atoms with Gasteiger partial charge in [-0.3, -0.25) is 0 Å². The lowest BCUT2D eigenvalue weighted by molar-refractivity contribution is -0.160. The van der Waals surface area contributed by atoms with Crippen molar-refractivity contribution in [2.75, 3.05) is 59.5 Å². The van der Waals surface area contributed by atoms with Crippen molar-refractivity contribution in [1.29, 1.82) is 0 Å². The van der Waals surface area contributed by atoms with Gasteiger partial charge in [0.2, 0.25) is 0 Å². The average Bonchev–Trinajstić information content (AvgIpc) is 2.81. The van der Waals surface area contributed by atoms with Crippen LogP contribution in [0.2, 0.25) is 0 Å². The third-order valence-electron chi connectivity index (χ3n) is 4.99. The van der Waals surface area contributed by atoms with E-state index in [1.54, 1.807) is 0 Å². The molecule has 7 heteroatoms. The minimum Gasteiger partial charge on any atom is -0.491 e. The van der Waals surface area contributed by atoms with E-state index in [4.69, 9.17) is 28.4 Å². The number of aryl methyl sites for hydroxylation is 1. The number of benzene rings is 1. The number of rotatable bonds is 22. The molecule has 0 aliphatic rings. The standard InChI is InChI=1S/C28H48O7/c1-5-6-7-8-9-10-11-25-12-14-26(15-13-25)34-23-22-32-19-18-30-16-17-31-20-21-33-24-27(29)35-28(2,3)4/h12-15H,5-11,16-24H2,1-4H3. The normalized spacial score (nSPS) is 11.5. The minimum absolute atomic E-state index is 0.0667. The van der Waals surface area contributed by atoms with Crippen LogP contribution in [0.3, 0.4) is 0 Å². The van der Waals surface area contributed by atoms with Gasteiger partial charge in [0, 0.05) is 0 Å². The first-order valence-corrected chi connectivity index (χ1v) is 13.2. The van der Waals surface area contributed by atoms with Crippen molar-refractivity contribution in [2.24, 2.45) is 0 Å². The van der Waals surface area contributed by atoms with E-state index >= 15 is 0 Å². The monoisotopic (exact) mass is 496 g/mol. The molecular weight excluding hydrogens is 448 g/mol. The molecule has 202 valence electrons. The van der Waals surface area contributed by atoms with Gasteiger partial charge in [0.25, 0.3) is 0 Å². The van der Waals surface area contributed by atoms with Crippen LogP contribution < -0.4 is 4.74 Å². The Hall–Kier alpha value is -1.67. The van der Waals surface area contributed by atoms with Crippen LogP contribution in [0.4, 0.5) is 0 Å². The maximum Gasteiger partial charge on any atom is 0.332 e. The zero-order chi connectivity index (χ0) is 25.6.